The quantitative estimate of drug-likeness (QED) is 0.669. The van der Waals surface area contributed by atoms with Crippen LogP contribution < -0.4 is 10.6 Å². The van der Waals surface area contributed by atoms with Crippen molar-refractivity contribution >= 4 is 46.4 Å². The number of amides is 1. The van der Waals surface area contributed by atoms with Gasteiger partial charge in [-0.1, -0.05) is 41.4 Å². The van der Waals surface area contributed by atoms with Gasteiger partial charge in [0.1, 0.15) is 0 Å². The number of nitrogens with zero attached hydrogens (tertiary/aromatic N) is 2. The summed E-state index contributed by atoms with van der Waals surface area (Å²) in [5.74, 6) is 0.0574. The largest absolute Gasteiger partial charge is 0.323 e. The van der Waals surface area contributed by atoms with Crippen molar-refractivity contribution in [3.63, 3.8) is 0 Å². The number of hydrogen-bond acceptors (Lipinski definition) is 4. The minimum absolute atomic E-state index is 0.273. The van der Waals surface area contributed by atoms with Crippen LogP contribution in [0.15, 0.2) is 54.9 Å². The lowest BCUT2D eigenvalue weighted by atomic mass is 10.2. The molecule has 0 saturated carbocycles. The van der Waals surface area contributed by atoms with E-state index in [9.17, 15) is 4.79 Å². The van der Waals surface area contributed by atoms with Crippen molar-refractivity contribution in [1.82, 2.24) is 9.97 Å². The van der Waals surface area contributed by atoms with Gasteiger partial charge in [-0.15, -0.1) is 0 Å². The van der Waals surface area contributed by atoms with Crippen LogP contribution >= 0.6 is 23.2 Å². The molecule has 0 aliphatic heterocycles. The van der Waals surface area contributed by atoms with Gasteiger partial charge in [0, 0.05) is 23.1 Å². The van der Waals surface area contributed by atoms with Crippen LogP contribution in [0.2, 0.25) is 10.0 Å². The number of benzene rings is 2. The Hall–Kier alpha value is -2.63. The molecule has 1 amide bonds. The number of aromatic nitrogens is 2. The zero-order valence-electron chi connectivity index (χ0n) is 13.3. The molecular weight excluding hydrogens is 359 g/mol. The first-order chi connectivity index (χ1) is 12.0. The molecule has 0 unspecified atom stereocenters. The molecule has 0 spiro atoms. The van der Waals surface area contributed by atoms with Crippen molar-refractivity contribution < 1.29 is 4.79 Å². The van der Waals surface area contributed by atoms with Crippen molar-refractivity contribution in [3.8, 4) is 0 Å². The summed E-state index contributed by atoms with van der Waals surface area (Å²) < 4.78 is 0. The van der Waals surface area contributed by atoms with E-state index < -0.39 is 0 Å². The van der Waals surface area contributed by atoms with E-state index in [4.69, 9.17) is 23.2 Å². The maximum absolute atomic E-state index is 12.3. The molecular formula is C18H14Cl2N4O. The predicted octanol–water partition coefficient (Wildman–Crippen LogP) is 5.09. The molecule has 5 nitrogen and oxygen atoms in total. The number of hydrogen-bond donors (Lipinski definition) is 2. The fraction of sp³-hybridized carbons (Fsp3) is 0.0556. The summed E-state index contributed by atoms with van der Waals surface area (Å²) in [7, 11) is 0. The van der Waals surface area contributed by atoms with E-state index in [0.29, 0.717) is 27.2 Å². The Balaban J connectivity index is 1.71. The van der Waals surface area contributed by atoms with E-state index in [-0.39, 0.29) is 5.91 Å². The number of aryl methyl sites for hydroxylation is 1. The highest BCUT2D eigenvalue weighted by molar-refractivity contribution is 6.36. The van der Waals surface area contributed by atoms with E-state index in [1.807, 2.05) is 31.2 Å². The van der Waals surface area contributed by atoms with Crippen molar-refractivity contribution in [2.75, 3.05) is 10.6 Å². The molecule has 0 aliphatic rings. The molecule has 25 heavy (non-hydrogen) atoms. The minimum atomic E-state index is -0.273. The molecule has 126 valence electrons. The van der Waals surface area contributed by atoms with Gasteiger partial charge in [-0.3, -0.25) is 4.79 Å². The third-order valence-corrected chi connectivity index (χ3v) is 4.03. The van der Waals surface area contributed by atoms with Crippen LogP contribution in [0.1, 0.15) is 15.9 Å². The summed E-state index contributed by atoms with van der Waals surface area (Å²) in [5, 5.41) is 6.81. The van der Waals surface area contributed by atoms with Crippen LogP contribution in [0.3, 0.4) is 0 Å². The second-order valence-electron chi connectivity index (χ2n) is 5.31. The Labute approximate surface area is 155 Å². The molecule has 0 aliphatic carbocycles. The Bertz CT molecular complexity index is 913. The van der Waals surface area contributed by atoms with Gasteiger partial charge in [0.05, 0.1) is 16.3 Å². The second kappa shape index (κ2) is 7.51. The first-order valence-electron chi connectivity index (χ1n) is 7.44. The van der Waals surface area contributed by atoms with Gasteiger partial charge in [-0.05, 0) is 36.8 Å². The van der Waals surface area contributed by atoms with Crippen LogP contribution in [0.5, 0.6) is 0 Å². The minimum Gasteiger partial charge on any atom is -0.323 e. The van der Waals surface area contributed by atoms with E-state index in [2.05, 4.69) is 20.6 Å². The average molecular weight is 373 g/mol. The van der Waals surface area contributed by atoms with Gasteiger partial charge < -0.3 is 10.6 Å². The van der Waals surface area contributed by atoms with Crippen molar-refractivity contribution in [2.24, 2.45) is 0 Å². The number of rotatable bonds is 4. The number of nitrogens with one attached hydrogen (secondary N) is 2. The zero-order chi connectivity index (χ0) is 17.8. The summed E-state index contributed by atoms with van der Waals surface area (Å²) in [6.45, 7) is 1.93. The number of anilines is 3. The first kappa shape index (κ1) is 17.2. The third-order valence-electron chi connectivity index (χ3n) is 3.48. The smallest absolute Gasteiger partial charge is 0.258 e. The Morgan fingerprint density at radius 2 is 1.72 bits per heavy atom. The molecule has 1 heterocycles. The first-order valence-corrected chi connectivity index (χ1v) is 8.19. The summed E-state index contributed by atoms with van der Waals surface area (Å²) in [6.07, 6.45) is 2.90. The van der Waals surface area contributed by atoms with Crippen LogP contribution in [0.4, 0.5) is 17.3 Å². The van der Waals surface area contributed by atoms with Crippen LogP contribution in [0.25, 0.3) is 0 Å². The highest BCUT2D eigenvalue weighted by Crippen LogP contribution is 2.27. The molecule has 7 heteroatoms. The monoisotopic (exact) mass is 372 g/mol. The van der Waals surface area contributed by atoms with E-state index >= 15 is 0 Å². The number of carbonyl (C=O) groups is 1. The fourth-order valence-corrected chi connectivity index (χ4v) is 2.58. The zero-order valence-corrected chi connectivity index (χ0v) is 14.8. The van der Waals surface area contributed by atoms with E-state index in [1.165, 1.54) is 12.4 Å². The predicted molar refractivity (Wildman–Crippen MR) is 101 cm³/mol. The van der Waals surface area contributed by atoms with Crippen molar-refractivity contribution in [1.29, 1.82) is 0 Å². The molecule has 2 N–H and O–H groups in total. The molecule has 0 bridgehead atoms. The number of halogens is 2. The molecule has 0 fully saturated rings. The highest BCUT2D eigenvalue weighted by atomic mass is 35.5. The van der Waals surface area contributed by atoms with Gasteiger partial charge in [0.15, 0.2) is 0 Å². The SMILES string of the molecule is Cc1ccccc1NC(=O)c1cnc(Nc2ccc(Cl)cc2Cl)nc1. The van der Waals surface area contributed by atoms with E-state index in [0.717, 1.165) is 11.3 Å². The Morgan fingerprint density at radius 1 is 1.00 bits per heavy atom. The lowest BCUT2D eigenvalue weighted by Gasteiger charge is -2.09. The summed E-state index contributed by atoms with van der Waals surface area (Å²) in [6, 6.07) is 12.6. The highest BCUT2D eigenvalue weighted by Gasteiger charge is 2.10. The van der Waals surface area contributed by atoms with Crippen molar-refractivity contribution in [2.45, 2.75) is 6.92 Å². The topological polar surface area (TPSA) is 66.9 Å². The standard InChI is InChI=1S/C18H14Cl2N4O/c1-11-4-2-3-5-15(11)23-17(25)12-9-21-18(22-10-12)24-16-7-6-13(19)8-14(16)20/h2-10H,1H3,(H,23,25)(H,21,22,24). The van der Waals surface area contributed by atoms with Crippen molar-refractivity contribution in [3.05, 3.63) is 76.0 Å². The summed E-state index contributed by atoms with van der Waals surface area (Å²) >= 11 is 12.0. The fourth-order valence-electron chi connectivity index (χ4n) is 2.13. The Morgan fingerprint density at radius 3 is 2.40 bits per heavy atom. The van der Waals surface area contributed by atoms with Gasteiger partial charge in [-0.25, -0.2) is 9.97 Å². The lowest BCUT2D eigenvalue weighted by Crippen LogP contribution is -2.13. The van der Waals surface area contributed by atoms with Crippen LogP contribution in [-0.2, 0) is 0 Å². The molecule has 0 radical (unpaired) electrons. The molecule has 3 rings (SSSR count). The van der Waals surface area contributed by atoms with Gasteiger partial charge >= 0.3 is 0 Å². The maximum atomic E-state index is 12.3. The number of carbonyl (C=O) groups excluding carboxylic acids is 1. The van der Waals surface area contributed by atoms with Gasteiger partial charge in [0.2, 0.25) is 5.95 Å². The Kier molecular flexibility index (Phi) is 5.16. The van der Waals surface area contributed by atoms with E-state index in [1.54, 1.807) is 18.2 Å². The normalized spacial score (nSPS) is 10.4. The summed E-state index contributed by atoms with van der Waals surface area (Å²) in [4.78, 5) is 20.6. The van der Waals surface area contributed by atoms with Gasteiger partial charge in [-0.2, -0.15) is 0 Å². The maximum Gasteiger partial charge on any atom is 0.258 e. The third kappa shape index (κ3) is 4.26. The van der Waals surface area contributed by atoms with Crippen LogP contribution in [-0.4, -0.2) is 15.9 Å². The van der Waals surface area contributed by atoms with Crippen LogP contribution in [0, 0.1) is 6.92 Å². The number of para-hydroxylation sites is 1. The molecule has 0 atom stereocenters. The molecule has 3 aromatic rings. The molecule has 2 aromatic carbocycles. The van der Waals surface area contributed by atoms with Gasteiger partial charge in [0.25, 0.3) is 5.91 Å². The lowest BCUT2D eigenvalue weighted by molar-refractivity contribution is 0.102. The molecule has 1 aromatic heterocycles. The average Bonchev–Trinajstić information content (AvgIpc) is 2.60. The summed E-state index contributed by atoms with van der Waals surface area (Å²) in [5.41, 5.74) is 2.72. The molecule has 0 saturated heterocycles. The second-order valence-corrected chi connectivity index (χ2v) is 6.16.